The lowest BCUT2D eigenvalue weighted by Crippen LogP contribution is -2.23. The molecule has 1 atom stereocenters. The molecule has 1 amide bonds. The summed E-state index contributed by atoms with van der Waals surface area (Å²) in [5.74, 6) is -0.402. The molecular formula is C13H17NO3. The number of ether oxygens (including phenoxy) is 1. The topological polar surface area (TPSA) is 55.4 Å². The van der Waals surface area contributed by atoms with Gasteiger partial charge < -0.3 is 10.1 Å². The van der Waals surface area contributed by atoms with Gasteiger partial charge in [0.2, 0.25) is 5.91 Å². The van der Waals surface area contributed by atoms with Crippen LogP contribution in [-0.4, -0.2) is 18.4 Å². The van der Waals surface area contributed by atoms with Crippen molar-refractivity contribution in [2.45, 2.75) is 26.4 Å². The highest BCUT2D eigenvalue weighted by Gasteiger charge is 2.14. The fourth-order valence-corrected chi connectivity index (χ4v) is 1.54. The first kappa shape index (κ1) is 13.2. The first-order chi connectivity index (χ1) is 8.09. The summed E-state index contributed by atoms with van der Waals surface area (Å²) in [6, 6.07) is 9.50. The van der Waals surface area contributed by atoms with E-state index >= 15 is 0 Å². The Morgan fingerprint density at radius 1 is 1.24 bits per heavy atom. The number of rotatable bonds is 5. The van der Waals surface area contributed by atoms with Crippen molar-refractivity contribution in [2.24, 2.45) is 0 Å². The third kappa shape index (κ3) is 5.15. The first-order valence-electron chi connectivity index (χ1n) is 5.56. The Balaban J connectivity index is 2.61. The molecule has 0 saturated heterocycles. The highest BCUT2D eigenvalue weighted by atomic mass is 16.5. The molecule has 0 saturated carbocycles. The molecule has 0 heterocycles. The van der Waals surface area contributed by atoms with Crippen LogP contribution in [0, 0.1) is 0 Å². The van der Waals surface area contributed by atoms with Crippen LogP contribution in [0.2, 0.25) is 0 Å². The lowest BCUT2D eigenvalue weighted by atomic mass is 10.1. The maximum absolute atomic E-state index is 11.0. The summed E-state index contributed by atoms with van der Waals surface area (Å²) < 4.78 is 5.23. The average Bonchev–Trinajstić information content (AvgIpc) is 2.28. The zero-order valence-electron chi connectivity index (χ0n) is 10.1. The molecule has 92 valence electrons. The standard InChI is InChI=1S/C13H17NO3/c1-10(15)14-9-8-13(17-11(2)16)12-6-4-3-5-7-12/h3-7,13H,8-9H2,1-2H3,(H,14,15). The number of amides is 1. The summed E-state index contributed by atoms with van der Waals surface area (Å²) in [4.78, 5) is 21.8. The molecule has 0 aliphatic rings. The predicted octanol–water partition coefficient (Wildman–Crippen LogP) is 1.82. The normalized spacial score (nSPS) is 11.6. The molecule has 1 rings (SSSR count). The Morgan fingerprint density at radius 3 is 2.41 bits per heavy atom. The van der Waals surface area contributed by atoms with Crippen LogP contribution in [-0.2, 0) is 14.3 Å². The molecule has 1 unspecified atom stereocenters. The Labute approximate surface area is 101 Å². The van der Waals surface area contributed by atoms with Crippen LogP contribution in [0.25, 0.3) is 0 Å². The number of hydrogen-bond acceptors (Lipinski definition) is 3. The number of carbonyl (C=O) groups is 2. The number of nitrogens with one attached hydrogen (secondary N) is 1. The summed E-state index contributed by atoms with van der Waals surface area (Å²) in [5, 5.41) is 2.69. The Morgan fingerprint density at radius 2 is 1.88 bits per heavy atom. The van der Waals surface area contributed by atoms with Crippen LogP contribution in [0.15, 0.2) is 30.3 Å². The molecular weight excluding hydrogens is 218 g/mol. The summed E-state index contributed by atoms with van der Waals surface area (Å²) in [7, 11) is 0. The van der Waals surface area contributed by atoms with Crippen molar-refractivity contribution in [3.05, 3.63) is 35.9 Å². The van der Waals surface area contributed by atoms with Crippen molar-refractivity contribution < 1.29 is 14.3 Å². The van der Waals surface area contributed by atoms with E-state index in [0.717, 1.165) is 5.56 Å². The largest absolute Gasteiger partial charge is 0.458 e. The minimum atomic E-state index is -0.318. The fraction of sp³-hybridized carbons (Fsp3) is 0.385. The second kappa shape index (κ2) is 6.68. The molecule has 0 radical (unpaired) electrons. The van der Waals surface area contributed by atoms with Crippen LogP contribution >= 0.6 is 0 Å². The maximum Gasteiger partial charge on any atom is 0.303 e. The highest BCUT2D eigenvalue weighted by molar-refractivity contribution is 5.72. The molecule has 1 N–H and O–H groups in total. The number of benzene rings is 1. The molecule has 0 bridgehead atoms. The zero-order valence-corrected chi connectivity index (χ0v) is 10.1. The second-order valence-electron chi connectivity index (χ2n) is 3.78. The smallest absolute Gasteiger partial charge is 0.303 e. The Hall–Kier alpha value is -1.84. The van der Waals surface area contributed by atoms with Crippen LogP contribution in [0.5, 0.6) is 0 Å². The molecule has 4 heteroatoms. The molecule has 17 heavy (non-hydrogen) atoms. The SMILES string of the molecule is CC(=O)NCCC(OC(C)=O)c1ccccc1. The van der Waals surface area contributed by atoms with E-state index in [1.54, 1.807) is 0 Å². The van der Waals surface area contributed by atoms with E-state index in [4.69, 9.17) is 4.74 Å². The molecule has 0 aliphatic heterocycles. The van der Waals surface area contributed by atoms with Gasteiger partial charge in [-0.15, -0.1) is 0 Å². The van der Waals surface area contributed by atoms with Crippen LogP contribution in [0.4, 0.5) is 0 Å². The van der Waals surface area contributed by atoms with Gasteiger partial charge >= 0.3 is 5.97 Å². The van der Waals surface area contributed by atoms with Crippen molar-refractivity contribution in [1.82, 2.24) is 5.32 Å². The van der Waals surface area contributed by atoms with Crippen molar-refractivity contribution in [1.29, 1.82) is 0 Å². The van der Waals surface area contributed by atoms with Gasteiger partial charge in [0.05, 0.1) is 0 Å². The van der Waals surface area contributed by atoms with Crippen LogP contribution in [0.3, 0.4) is 0 Å². The molecule has 0 spiro atoms. The van der Waals surface area contributed by atoms with E-state index in [0.29, 0.717) is 13.0 Å². The summed E-state index contributed by atoms with van der Waals surface area (Å²) in [6.45, 7) is 3.33. The number of hydrogen-bond donors (Lipinski definition) is 1. The number of carbonyl (C=O) groups excluding carboxylic acids is 2. The maximum atomic E-state index is 11.0. The van der Waals surface area contributed by atoms with Crippen molar-refractivity contribution in [3.8, 4) is 0 Å². The van der Waals surface area contributed by atoms with Gasteiger partial charge in [-0.3, -0.25) is 9.59 Å². The lowest BCUT2D eigenvalue weighted by molar-refractivity contribution is -0.147. The van der Waals surface area contributed by atoms with E-state index < -0.39 is 0 Å². The van der Waals surface area contributed by atoms with E-state index in [9.17, 15) is 9.59 Å². The van der Waals surface area contributed by atoms with E-state index in [1.807, 2.05) is 30.3 Å². The molecule has 0 aliphatic carbocycles. The van der Waals surface area contributed by atoms with Gasteiger partial charge in [-0.2, -0.15) is 0 Å². The first-order valence-corrected chi connectivity index (χ1v) is 5.56. The monoisotopic (exact) mass is 235 g/mol. The molecule has 0 aromatic heterocycles. The Bertz CT molecular complexity index is 376. The van der Waals surface area contributed by atoms with Gasteiger partial charge in [0.1, 0.15) is 6.10 Å². The highest BCUT2D eigenvalue weighted by Crippen LogP contribution is 2.20. The molecule has 1 aromatic rings. The van der Waals surface area contributed by atoms with Gasteiger partial charge in [0.15, 0.2) is 0 Å². The number of esters is 1. The third-order valence-electron chi connectivity index (χ3n) is 2.26. The fourth-order valence-electron chi connectivity index (χ4n) is 1.54. The predicted molar refractivity (Wildman–Crippen MR) is 64.2 cm³/mol. The summed E-state index contributed by atoms with van der Waals surface area (Å²) in [6.07, 6.45) is 0.268. The molecule has 0 fully saturated rings. The van der Waals surface area contributed by atoms with E-state index in [1.165, 1.54) is 13.8 Å². The van der Waals surface area contributed by atoms with Crippen molar-refractivity contribution in [3.63, 3.8) is 0 Å². The van der Waals surface area contributed by atoms with Gasteiger partial charge in [-0.1, -0.05) is 30.3 Å². The molecule has 4 nitrogen and oxygen atoms in total. The Kier molecular flexibility index (Phi) is 5.20. The average molecular weight is 235 g/mol. The zero-order chi connectivity index (χ0) is 12.7. The van der Waals surface area contributed by atoms with Crippen molar-refractivity contribution >= 4 is 11.9 Å². The minimum absolute atomic E-state index is 0.0837. The van der Waals surface area contributed by atoms with Crippen LogP contribution < -0.4 is 5.32 Å². The van der Waals surface area contributed by atoms with E-state index in [2.05, 4.69) is 5.32 Å². The lowest BCUT2D eigenvalue weighted by Gasteiger charge is -2.17. The van der Waals surface area contributed by atoms with Gasteiger partial charge in [-0.05, 0) is 5.56 Å². The summed E-state index contributed by atoms with van der Waals surface area (Å²) in [5.41, 5.74) is 0.938. The van der Waals surface area contributed by atoms with Gasteiger partial charge in [-0.25, -0.2) is 0 Å². The second-order valence-corrected chi connectivity index (χ2v) is 3.78. The third-order valence-corrected chi connectivity index (χ3v) is 2.26. The summed E-state index contributed by atoms with van der Waals surface area (Å²) >= 11 is 0. The van der Waals surface area contributed by atoms with Crippen LogP contribution in [0.1, 0.15) is 31.9 Å². The van der Waals surface area contributed by atoms with Gasteiger partial charge in [0, 0.05) is 26.8 Å². The quantitative estimate of drug-likeness (QED) is 0.792. The van der Waals surface area contributed by atoms with Gasteiger partial charge in [0.25, 0.3) is 0 Å². The van der Waals surface area contributed by atoms with Crippen molar-refractivity contribution in [2.75, 3.05) is 6.54 Å². The minimum Gasteiger partial charge on any atom is -0.458 e. The van der Waals surface area contributed by atoms with E-state index in [-0.39, 0.29) is 18.0 Å². The molecule has 1 aromatic carbocycles.